The van der Waals surface area contributed by atoms with Gasteiger partial charge < -0.3 is 9.47 Å². The zero-order chi connectivity index (χ0) is 26.1. The highest BCUT2D eigenvalue weighted by Crippen LogP contribution is 2.33. The second-order valence-electron chi connectivity index (χ2n) is 9.52. The van der Waals surface area contributed by atoms with Gasteiger partial charge in [0.2, 0.25) is 11.8 Å². The molecule has 0 aliphatic rings. The Morgan fingerprint density at radius 2 is 1.54 bits per heavy atom. The monoisotopic (exact) mass is 497 g/mol. The summed E-state index contributed by atoms with van der Waals surface area (Å²) in [5, 5.41) is 0. The number of amides is 1. The van der Waals surface area contributed by atoms with E-state index >= 15 is 0 Å². The number of benzene rings is 1. The molecule has 0 aliphatic carbocycles. The van der Waals surface area contributed by atoms with E-state index in [1.54, 1.807) is 13.0 Å². The molecule has 1 amide bonds. The second kappa shape index (κ2) is 9.65. The van der Waals surface area contributed by atoms with Gasteiger partial charge in [-0.1, -0.05) is 38.5 Å². The van der Waals surface area contributed by atoms with Crippen molar-refractivity contribution in [1.29, 1.82) is 0 Å². The number of aromatic nitrogens is 2. The van der Waals surface area contributed by atoms with Crippen LogP contribution in [0.15, 0.2) is 41.3 Å². The van der Waals surface area contributed by atoms with Crippen LogP contribution in [-0.2, 0) is 15.4 Å². The maximum atomic E-state index is 13.2. The van der Waals surface area contributed by atoms with E-state index in [-0.39, 0.29) is 27.6 Å². The first-order chi connectivity index (χ1) is 16.2. The topological polar surface area (TPSA) is 107 Å². The Morgan fingerprint density at radius 3 is 2.11 bits per heavy atom. The summed E-state index contributed by atoms with van der Waals surface area (Å²) in [5.41, 5.74) is 3.76. The number of nitrogens with zero attached hydrogens (tertiary/aromatic N) is 2. The fourth-order valence-corrected chi connectivity index (χ4v) is 4.71. The molecule has 2 heterocycles. The summed E-state index contributed by atoms with van der Waals surface area (Å²) >= 11 is 0. The summed E-state index contributed by atoms with van der Waals surface area (Å²) in [4.78, 5) is 21.7. The minimum atomic E-state index is -4.29. The van der Waals surface area contributed by atoms with E-state index in [1.807, 2.05) is 53.7 Å². The molecule has 186 valence electrons. The van der Waals surface area contributed by atoms with Crippen LogP contribution in [0.2, 0.25) is 0 Å². The largest absolute Gasteiger partial charge is 0.480 e. The maximum absolute atomic E-state index is 13.2. The van der Waals surface area contributed by atoms with Crippen molar-refractivity contribution >= 4 is 15.9 Å². The van der Waals surface area contributed by atoms with Crippen molar-refractivity contribution < 1.29 is 22.7 Å². The molecule has 1 N–H and O–H groups in total. The van der Waals surface area contributed by atoms with Crippen LogP contribution in [0.25, 0.3) is 0 Å². The number of nitrogens with one attached hydrogen (secondary N) is 1. The quantitative estimate of drug-likeness (QED) is 0.515. The summed E-state index contributed by atoms with van der Waals surface area (Å²) in [7, 11) is -2.97. The van der Waals surface area contributed by atoms with Crippen molar-refractivity contribution in [2.24, 2.45) is 0 Å². The van der Waals surface area contributed by atoms with Crippen LogP contribution in [0.5, 0.6) is 17.5 Å². The van der Waals surface area contributed by atoms with Gasteiger partial charge in [-0.15, -0.1) is 0 Å². The van der Waals surface area contributed by atoms with E-state index in [2.05, 4.69) is 14.7 Å². The third-order valence-electron chi connectivity index (χ3n) is 5.35. The molecule has 3 rings (SSSR count). The molecule has 0 aliphatic heterocycles. The van der Waals surface area contributed by atoms with E-state index in [1.165, 1.54) is 25.3 Å². The molecule has 3 aromatic rings. The lowest BCUT2D eigenvalue weighted by Gasteiger charge is -2.21. The first-order valence-corrected chi connectivity index (χ1v) is 12.6. The molecular formula is C26H31N3O5S. The molecule has 0 saturated carbocycles. The summed E-state index contributed by atoms with van der Waals surface area (Å²) in [6.45, 7) is 13.5. The number of carbonyl (C=O) groups excluding carboxylic acids is 1. The van der Waals surface area contributed by atoms with Crippen LogP contribution in [0.1, 0.15) is 59.2 Å². The first kappa shape index (κ1) is 26.2. The number of pyridine rings is 2. The van der Waals surface area contributed by atoms with Crippen molar-refractivity contribution in [3.05, 3.63) is 70.0 Å². The third kappa shape index (κ3) is 5.79. The van der Waals surface area contributed by atoms with E-state index < -0.39 is 15.9 Å². The Labute approximate surface area is 206 Å². The van der Waals surface area contributed by atoms with Gasteiger partial charge in [0, 0.05) is 16.8 Å². The fourth-order valence-electron chi connectivity index (χ4n) is 3.64. The molecule has 0 bridgehead atoms. The number of hydrogen-bond acceptors (Lipinski definition) is 7. The van der Waals surface area contributed by atoms with Crippen molar-refractivity contribution in [2.75, 3.05) is 7.11 Å². The minimum Gasteiger partial charge on any atom is -0.480 e. The molecule has 8 nitrogen and oxygen atoms in total. The molecule has 2 aromatic heterocycles. The smallest absolute Gasteiger partial charge is 0.270 e. The number of sulfonamides is 1. The highest BCUT2D eigenvalue weighted by atomic mass is 32.2. The summed E-state index contributed by atoms with van der Waals surface area (Å²) < 4.78 is 39.4. The fraction of sp³-hybridized carbons (Fsp3) is 0.346. The molecule has 35 heavy (non-hydrogen) atoms. The Morgan fingerprint density at radius 1 is 0.914 bits per heavy atom. The highest BCUT2D eigenvalue weighted by Gasteiger charge is 2.28. The van der Waals surface area contributed by atoms with Gasteiger partial charge in [0.25, 0.3) is 15.9 Å². The molecule has 9 heteroatoms. The summed E-state index contributed by atoms with van der Waals surface area (Å²) in [6, 6.07) is 10.0. The molecule has 0 unspecified atom stereocenters. The zero-order valence-corrected chi connectivity index (χ0v) is 22.1. The SMILES string of the molecule is COc1nc(C)ccc1S(=O)(=O)NC(=O)c1ccc(C(C)(C)C)nc1Oc1c(C)cc(C)cc1C. The van der Waals surface area contributed by atoms with Crippen LogP contribution in [0.4, 0.5) is 0 Å². The normalized spacial score (nSPS) is 11.8. The van der Waals surface area contributed by atoms with Gasteiger partial charge in [-0.25, -0.2) is 23.1 Å². The predicted octanol–water partition coefficient (Wildman–Crippen LogP) is 4.93. The molecule has 0 spiro atoms. The molecule has 1 aromatic carbocycles. The first-order valence-electron chi connectivity index (χ1n) is 11.1. The van der Waals surface area contributed by atoms with Gasteiger partial charge in [-0.2, -0.15) is 0 Å². The molecule has 0 atom stereocenters. The number of hydrogen-bond donors (Lipinski definition) is 1. The lowest BCUT2D eigenvalue weighted by molar-refractivity contribution is 0.0978. The van der Waals surface area contributed by atoms with E-state index in [4.69, 9.17) is 9.47 Å². The lowest BCUT2D eigenvalue weighted by atomic mass is 9.91. The highest BCUT2D eigenvalue weighted by molar-refractivity contribution is 7.90. The Bertz CT molecular complexity index is 1370. The second-order valence-corrected chi connectivity index (χ2v) is 11.2. The predicted molar refractivity (Wildman–Crippen MR) is 134 cm³/mol. The maximum Gasteiger partial charge on any atom is 0.270 e. The average Bonchev–Trinajstić information content (AvgIpc) is 2.74. The van der Waals surface area contributed by atoms with E-state index in [0.717, 1.165) is 16.7 Å². The molecule has 0 fully saturated rings. The Kier molecular flexibility index (Phi) is 7.21. The third-order valence-corrected chi connectivity index (χ3v) is 6.70. The van der Waals surface area contributed by atoms with Gasteiger partial charge in [-0.05, 0) is 63.1 Å². The van der Waals surface area contributed by atoms with Crippen molar-refractivity contribution in [1.82, 2.24) is 14.7 Å². The van der Waals surface area contributed by atoms with Gasteiger partial charge >= 0.3 is 0 Å². The number of aryl methyl sites for hydroxylation is 4. The van der Waals surface area contributed by atoms with Crippen molar-refractivity contribution in [2.45, 2.75) is 58.8 Å². The van der Waals surface area contributed by atoms with Gasteiger partial charge in [0.15, 0.2) is 0 Å². The van der Waals surface area contributed by atoms with Gasteiger partial charge in [0.05, 0.1) is 7.11 Å². The zero-order valence-electron chi connectivity index (χ0n) is 21.3. The Hall–Kier alpha value is -3.46. The van der Waals surface area contributed by atoms with E-state index in [9.17, 15) is 13.2 Å². The molecule has 0 radical (unpaired) electrons. The number of carbonyl (C=O) groups is 1. The number of ether oxygens (including phenoxy) is 2. The summed E-state index contributed by atoms with van der Waals surface area (Å²) in [6.07, 6.45) is 0. The van der Waals surface area contributed by atoms with Crippen LogP contribution in [-0.4, -0.2) is 31.4 Å². The van der Waals surface area contributed by atoms with Gasteiger partial charge in [0.1, 0.15) is 16.2 Å². The van der Waals surface area contributed by atoms with E-state index in [0.29, 0.717) is 17.1 Å². The van der Waals surface area contributed by atoms with Crippen LogP contribution < -0.4 is 14.2 Å². The average molecular weight is 498 g/mol. The molecule has 0 saturated heterocycles. The van der Waals surface area contributed by atoms with Crippen LogP contribution >= 0.6 is 0 Å². The standard InChI is InChI=1S/C26H31N3O5S/c1-15-13-16(2)22(17(3)14-15)34-24-19(10-12-21(28-24)26(5,6)7)23(30)29-35(31,32)20-11-9-18(4)27-25(20)33-8/h9-14H,1-8H3,(H,29,30). The van der Waals surface area contributed by atoms with Crippen molar-refractivity contribution in [3.8, 4) is 17.5 Å². The van der Waals surface area contributed by atoms with Crippen LogP contribution in [0.3, 0.4) is 0 Å². The molecular weight excluding hydrogens is 466 g/mol. The summed E-state index contributed by atoms with van der Waals surface area (Å²) in [5.74, 6) is -0.392. The van der Waals surface area contributed by atoms with Gasteiger partial charge in [-0.3, -0.25) is 4.79 Å². The van der Waals surface area contributed by atoms with Crippen LogP contribution in [0, 0.1) is 27.7 Å². The minimum absolute atomic E-state index is 0.0139. The lowest BCUT2D eigenvalue weighted by Crippen LogP contribution is -2.31. The Balaban J connectivity index is 2.06. The number of rotatable bonds is 6. The van der Waals surface area contributed by atoms with Crippen molar-refractivity contribution in [3.63, 3.8) is 0 Å². The number of methoxy groups -OCH3 is 1.